The Morgan fingerprint density at radius 2 is 1.68 bits per heavy atom. The van der Waals surface area contributed by atoms with Crippen molar-refractivity contribution in [2.45, 2.75) is 18.9 Å². The zero-order chi connectivity index (χ0) is 19.0. The molecule has 4 aliphatic rings. The largest absolute Gasteiger partial charge is 0.493 e. The van der Waals surface area contributed by atoms with E-state index in [9.17, 15) is 0 Å². The first kappa shape index (κ1) is 16.2. The minimum Gasteiger partial charge on any atom is -0.493 e. The fourth-order valence-corrected chi connectivity index (χ4v) is 5.05. The van der Waals surface area contributed by atoms with E-state index in [1.165, 1.54) is 11.1 Å². The quantitative estimate of drug-likeness (QED) is 0.790. The maximum Gasteiger partial charge on any atom is 0.231 e. The summed E-state index contributed by atoms with van der Waals surface area (Å²) in [6.07, 6.45) is 1.75. The highest BCUT2D eigenvalue weighted by Crippen LogP contribution is 2.61. The second-order valence-corrected chi connectivity index (χ2v) is 7.49. The molecule has 0 amide bonds. The fraction of sp³-hybridized carbons (Fsp3) is 0.429. The lowest BCUT2D eigenvalue weighted by Crippen LogP contribution is -2.36. The Bertz CT molecular complexity index is 1020. The molecule has 0 fully saturated rings. The molecule has 0 unspecified atom stereocenters. The third-order valence-corrected chi connectivity index (χ3v) is 6.30. The maximum absolute atomic E-state index is 5.96. The van der Waals surface area contributed by atoms with Crippen LogP contribution in [0.2, 0.25) is 0 Å². The van der Waals surface area contributed by atoms with Gasteiger partial charge in [0, 0.05) is 29.3 Å². The highest BCUT2D eigenvalue weighted by Gasteiger charge is 2.43. The lowest BCUT2D eigenvalue weighted by molar-refractivity contribution is 0.169. The predicted octanol–water partition coefficient (Wildman–Crippen LogP) is 2.91. The van der Waals surface area contributed by atoms with Gasteiger partial charge in [-0.05, 0) is 37.1 Å². The Morgan fingerprint density at radius 1 is 0.929 bits per heavy atom. The first-order chi connectivity index (χ1) is 13.7. The third-order valence-electron chi connectivity index (χ3n) is 6.30. The molecule has 3 heterocycles. The van der Waals surface area contributed by atoms with E-state index in [4.69, 9.17) is 28.4 Å². The van der Waals surface area contributed by atoms with E-state index in [1.54, 1.807) is 14.2 Å². The van der Waals surface area contributed by atoms with E-state index >= 15 is 0 Å². The Balaban J connectivity index is 1.73. The maximum atomic E-state index is 5.96. The van der Waals surface area contributed by atoms with Crippen LogP contribution in [0.4, 0.5) is 0 Å². The number of methoxy groups -OCH3 is 2. The van der Waals surface area contributed by atoms with Crippen molar-refractivity contribution in [3.63, 3.8) is 0 Å². The monoisotopic (exact) mass is 383 g/mol. The molecular weight excluding hydrogens is 362 g/mol. The van der Waals surface area contributed by atoms with Gasteiger partial charge in [0.1, 0.15) is 0 Å². The van der Waals surface area contributed by atoms with Crippen LogP contribution in [-0.2, 0) is 12.8 Å². The van der Waals surface area contributed by atoms with Gasteiger partial charge in [0.2, 0.25) is 25.1 Å². The Hall–Kier alpha value is -2.80. The van der Waals surface area contributed by atoms with Crippen molar-refractivity contribution in [2.75, 3.05) is 41.4 Å². The van der Waals surface area contributed by atoms with Crippen molar-refractivity contribution in [3.8, 4) is 45.6 Å². The van der Waals surface area contributed by atoms with Crippen LogP contribution in [0.3, 0.4) is 0 Å². The molecule has 1 aliphatic carbocycles. The van der Waals surface area contributed by atoms with Gasteiger partial charge in [-0.1, -0.05) is 0 Å². The molecule has 0 aromatic heterocycles. The summed E-state index contributed by atoms with van der Waals surface area (Å²) in [5, 5.41) is 0. The molecular formula is C21H21NO6. The molecule has 6 rings (SSSR count). The molecule has 0 saturated carbocycles. The van der Waals surface area contributed by atoms with E-state index in [0.29, 0.717) is 17.2 Å². The van der Waals surface area contributed by atoms with E-state index in [2.05, 4.69) is 11.9 Å². The number of hydrogen-bond donors (Lipinski definition) is 0. The van der Waals surface area contributed by atoms with Crippen LogP contribution < -0.4 is 28.4 Å². The zero-order valence-electron chi connectivity index (χ0n) is 16.1. The Morgan fingerprint density at radius 3 is 2.46 bits per heavy atom. The lowest BCUT2D eigenvalue weighted by atomic mass is 9.75. The Labute approximate surface area is 162 Å². The average molecular weight is 383 g/mol. The number of ether oxygens (including phenoxy) is 6. The Kier molecular flexibility index (Phi) is 3.24. The first-order valence-corrected chi connectivity index (χ1v) is 9.45. The number of nitrogens with zero attached hydrogens (tertiary/aromatic N) is 1. The number of rotatable bonds is 2. The molecule has 7 heteroatoms. The predicted molar refractivity (Wildman–Crippen MR) is 100 cm³/mol. The van der Waals surface area contributed by atoms with Crippen LogP contribution in [0.15, 0.2) is 6.07 Å². The number of benzene rings is 2. The van der Waals surface area contributed by atoms with Gasteiger partial charge in [-0.2, -0.15) is 0 Å². The van der Waals surface area contributed by atoms with Crippen LogP contribution in [0.25, 0.3) is 11.1 Å². The van der Waals surface area contributed by atoms with Crippen molar-refractivity contribution in [2.24, 2.45) is 0 Å². The summed E-state index contributed by atoms with van der Waals surface area (Å²) in [7, 11) is 5.52. The van der Waals surface area contributed by atoms with Gasteiger partial charge in [-0.3, -0.25) is 4.90 Å². The molecule has 3 aliphatic heterocycles. The minimum atomic E-state index is 0.194. The van der Waals surface area contributed by atoms with Crippen LogP contribution in [-0.4, -0.2) is 46.3 Å². The molecule has 28 heavy (non-hydrogen) atoms. The summed E-state index contributed by atoms with van der Waals surface area (Å²) in [5.41, 5.74) is 5.75. The number of fused-ring (bicyclic) bond motifs is 6. The second-order valence-electron chi connectivity index (χ2n) is 7.49. The summed E-state index contributed by atoms with van der Waals surface area (Å²) in [6, 6.07) is 2.26. The molecule has 2 aromatic rings. The fourth-order valence-electron chi connectivity index (χ4n) is 5.05. The minimum absolute atomic E-state index is 0.194. The van der Waals surface area contributed by atoms with E-state index in [1.807, 2.05) is 6.07 Å². The van der Waals surface area contributed by atoms with E-state index in [-0.39, 0.29) is 19.6 Å². The van der Waals surface area contributed by atoms with Crippen molar-refractivity contribution in [1.82, 2.24) is 4.90 Å². The summed E-state index contributed by atoms with van der Waals surface area (Å²) < 4.78 is 34.8. The van der Waals surface area contributed by atoms with Gasteiger partial charge >= 0.3 is 0 Å². The van der Waals surface area contributed by atoms with E-state index < -0.39 is 0 Å². The highest BCUT2D eigenvalue weighted by molar-refractivity contribution is 5.89. The van der Waals surface area contributed by atoms with Crippen molar-refractivity contribution >= 4 is 0 Å². The molecule has 0 saturated heterocycles. The third kappa shape index (κ3) is 1.87. The molecule has 146 valence electrons. The van der Waals surface area contributed by atoms with Gasteiger partial charge in [-0.15, -0.1) is 0 Å². The second kappa shape index (κ2) is 5.61. The molecule has 0 spiro atoms. The summed E-state index contributed by atoms with van der Waals surface area (Å²) in [5.74, 6) is 4.39. The van der Waals surface area contributed by atoms with Crippen LogP contribution in [0.1, 0.15) is 22.7 Å². The van der Waals surface area contributed by atoms with Crippen molar-refractivity contribution in [3.05, 3.63) is 22.8 Å². The highest BCUT2D eigenvalue weighted by atomic mass is 16.7. The van der Waals surface area contributed by atoms with Crippen LogP contribution in [0.5, 0.6) is 34.5 Å². The van der Waals surface area contributed by atoms with Gasteiger partial charge in [0.05, 0.1) is 14.2 Å². The molecule has 1 atom stereocenters. The smallest absolute Gasteiger partial charge is 0.231 e. The number of hydrogen-bond acceptors (Lipinski definition) is 7. The van der Waals surface area contributed by atoms with Crippen LogP contribution >= 0.6 is 0 Å². The summed E-state index contributed by atoms with van der Waals surface area (Å²) in [6.45, 7) is 1.36. The zero-order valence-corrected chi connectivity index (χ0v) is 16.1. The van der Waals surface area contributed by atoms with Gasteiger partial charge in [0.25, 0.3) is 0 Å². The van der Waals surface area contributed by atoms with Crippen LogP contribution in [0, 0.1) is 0 Å². The van der Waals surface area contributed by atoms with E-state index in [0.717, 1.165) is 53.3 Å². The van der Waals surface area contributed by atoms with Gasteiger partial charge in [-0.25, -0.2) is 0 Å². The summed E-state index contributed by atoms with van der Waals surface area (Å²) >= 11 is 0. The van der Waals surface area contributed by atoms with Crippen molar-refractivity contribution in [1.29, 1.82) is 0 Å². The standard InChI is InChI=1S/C21H21NO6/c1-22-5-4-10-15-13(22)6-12-11(7-14(23-2)19-18(12)25-8-26-19)16(15)20-21(17(10)24-3)28-9-27-20/h7,13H,4-6,8-9H2,1-3H3/t13-/m0/s1. The summed E-state index contributed by atoms with van der Waals surface area (Å²) in [4.78, 5) is 2.39. The topological polar surface area (TPSA) is 58.6 Å². The molecule has 7 nitrogen and oxygen atoms in total. The number of likely N-dealkylation sites (N-methyl/N-ethyl adjacent to an activating group) is 1. The van der Waals surface area contributed by atoms with Gasteiger partial charge in [0.15, 0.2) is 23.0 Å². The first-order valence-electron chi connectivity index (χ1n) is 9.45. The molecule has 0 bridgehead atoms. The lowest BCUT2D eigenvalue weighted by Gasteiger charge is -2.40. The van der Waals surface area contributed by atoms with Gasteiger partial charge < -0.3 is 28.4 Å². The normalized spacial score (nSPS) is 20.6. The molecule has 0 N–H and O–H groups in total. The van der Waals surface area contributed by atoms with Crippen molar-refractivity contribution < 1.29 is 28.4 Å². The molecule has 0 radical (unpaired) electrons. The SMILES string of the molecule is COc1cc2c(c3c1OCO3)C[C@H]1c3c(c(OC)c4c(c3-2)OCO4)CCN1C. The average Bonchev–Trinajstić information content (AvgIpc) is 3.39. The molecule has 2 aromatic carbocycles.